The molecule has 1 atom stereocenters. The number of para-hydroxylation sites is 1. The van der Waals surface area contributed by atoms with Crippen LogP contribution < -0.4 is 4.74 Å². The number of benzene rings is 1. The van der Waals surface area contributed by atoms with Crippen LogP contribution in [0, 0.1) is 5.92 Å². The molecule has 21 heavy (non-hydrogen) atoms. The maximum Gasteiger partial charge on any atom is 0.257 e. The summed E-state index contributed by atoms with van der Waals surface area (Å²) in [5.41, 5.74) is 0.655. The van der Waals surface area contributed by atoms with Crippen molar-refractivity contribution in [3.63, 3.8) is 0 Å². The largest absolute Gasteiger partial charge is 0.493 e. The number of carbonyl (C=O) groups is 1. The minimum Gasteiger partial charge on any atom is -0.493 e. The van der Waals surface area contributed by atoms with Crippen molar-refractivity contribution in [1.29, 1.82) is 0 Å². The number of carbonyl (C=O) groups excluding carboxylic acids is 1. The van der Waals surface area contributed by atoms with Crippen molar-refractivity contribution >= 4 is 5.91 Å². The summed E-state index contributed by atoms with van der Waals surface area (Å²) in [5, 5.41) is 0. The lowest BCUT2D eigenvalue weighted by Crippen LogP contribution is -2.30. The third-order valence-electron chi connectivity index (χ3n) is 4.11. The van der Waals surface area contributed by atoms with Gasteiger partial charge in [-0.2, -0.15) is 0 Å². The van der Waals surface area contributed by atoms with E-state index >= 15 is 0 Å². The summed E-state index contributed by atoms with van der Waals surface area (Å²) < 4.78 is 11.4. The predicted octanol–water partition coefficient (Wildman–Crippen LogP) is 2.73. The minimum absolute atomic E-state index is 0.0524. The van der Waals surface area contributed by atoms with Crippen LogP contribution in [0.4, 0.5) is 0 Å². The van der Waals surface area contributed by atoms with E-state index < -0.39 is 0 Å². The van der Waals surface area contributed by atoms with Crippen molar-refractivity contribution in [2.45, 2.75) is 32.3 Å². The van der Waals surface area contributed by atoms with Gasteiger partial charge in [-0.05, 0) is 44.2 Å². The van der Waals surface area contributed by atoms with Gasteiger partial charge in [0.2, 0.25) is 0 Å². The standard InChI is InChI=1S/C17H23NO3/c1-2-20-16-6-4-3-5-15(16)17(19)18-10-9-14(11-18)21-12-13-7-8-13/h3-6,13-14H,2,7-12H2,1H3. The van der Waals surface area contributed by atoms with Crippen LogP contribution in [0.25, 0.3) is 0 Å². The number of ether oxygens (including phenoxy) is 2. The lowest BCUT2D eigenvalue weighted by molar-refractivity contribution is 0.0479. The highest BCUT2D eigenvalue weighted by atomic mass is 16.5. The molecular weight excluding hydrogens is 266 g/mol. The fourth-order valence-electron chi connectivity index (χ4n) is 2.70. The molecule has 3 rings (SSSR count). The molecule has 4 nitrogen and oxygen atoms in total. The molecule has 0 bridgehead atoms. The molecule has 0 aromatic heterocycles. The molecule has 1 heterocycles. The first-order valence-corrected chi connectivity index (χ1v) is 7.90. The maximum atomic E-state index is 12.6. The number of nitrogens with zero attached hydrogens (tertiary/aromatic N) is 1. The van der Waals surface area contributed by atoms with Crippen molar-refractivity contribution in [1.82, 2.24) is 4.90 Å². The van der Waals surface area contributed by atoms with Crippen molar-refractivity contribution in [3.8, 4) is 5.75 Å². The fourth-order valence-corrected chi connectivity index (χ4v) is 2.70. The molecule has 2 fully saturated rings. The summed E-state index contributed by atoms with van der Waals surface area (Å²) in [4.78, 5) is 14.5. The first kappa shape index (κ1) is 14.4. The molecule has 1 aliphatic carbocycles. The van der Waals surface area contributed by atoms with Gasteiger partial charge in [0.25, 0.3) is 5.91 Å². The van der Waals surface area contributed by atoms with Crippen molar-refractivity contribution in [3.05, 3.63) is 29.8 Å². The van der Waals surface area contributed by atoms with Crippen molar-refractivity contribution in [2.24, 2.45) is 5.92 Å². The average molecular weight is 289 g/mol. The Morgan fingerprint density at radius 3 is 2.86 bits per heavy atom. The molecule has 2 aliphatic rings. The third kappa shape index (κ3) is 3.56. The summed E-state index contributed by atoms with van der Waals surface area (Å²) in [6.07, 6.45) is 3.75. The second-order valence-corrected chi connectivity index (χ2v) is 5.87. The van der Waals surface area contributed by atoms with E-state index in [9.17, 15) is 4.79 Å². The first-order valence-electron chi connectivity index (χ1n) is 7.90. The Hall–Kier alpha value is -1.55. The number of amides is 1. The molecule has 1 aromatic rings. The zero-order valence-electron chi connectivity index (χ0n) is 12.6. The molecule has 0 spiro atoms. The van der Waals surface area contributed by atoms with E-state index in [0.717, 1.165) is 25.5 Å². The van der Waals surface area contributed by atoms with Crippen LogP contribution >= 0.6 is 0 Å². The zero-order chi connectivity index (χ0) is 14.7. The van der Waals surface area contributed by atoms with Crippen LogP contribution in [-0.2, 0) is 4.74 Å². The third-order valence-corrected chi connectivity index (χ3v) is 4.11. The molecule has 1 saturated heterocycles. The summed E-state index contributed by atoms with van der Waals surface area (Å²) in [6, 6.07) is 7.47. The van der Waals surface area contributed by atoms with E-state index in [1.54, 1.807) is 0 Å². The Labute approximate surface area is 126 Å². The maximum absolute atomic E-state index is 12.6. The molecule has 1 aliphatic heterocycles. The summed E-state index contributed by atoms with van der Waals surface area (Å²) in [7, 11) is 0. The van der Waals surface area contributed by atoms with Gasteiger partial charge >= 0.3 is 0 Å². The quantitative estimate of drug-likeness (QED) is 0.808. The number of rotatable bonds is 6. The zero-order valence-corrected chi connectivity index (χ0v) is 12.6. The van der Waals surface area contributed by atoms with Crippen LogP contribution in [0.3, 0.4) is 0 Å². The van der Waals surface area contributed by atoms with Crippen LogP contribution in [0.1, 0.15) is 36.5 Å². The molecular formula is C17H23NO3. The molecule has 114 valence electrons. The molecule has 1 unspecified atom stereocenters. The molecule has 1 saturated carbocycles. The number of hydrogen-bond acceptors (Lipinski definition) is 3. The number of likely N-dealkylation sites (tertiary alicyclic amines) is 1. The lowest BCUT2D eigenvalue weighted by Gasteiger charge is -2.18. The van der Waals surface area contributed by atoms with Gasteiger partial charge in [-0.25, -0.2) is 0 Å². The van der Waals surface area contributed by atoms with Crippen molar-refractivity contribution in [2.75, 3.05) is 26.3 Å². The number of hydrogen-bond donors (Lipinski definition) is 0. The Morgan fingerprint density at radius 1 is 1.29 bits per heavy atom. The van der Waals surface area contributed by atoms with Gasteiger partial charge in [0.05, 0.1) is 18.3 Å². The van der Waals surface area contributed by atoms with Gasteiger partial charge in [-0.3, -0.25) is 4.79 Å². The van der Waals surface area contributed by atoms with E-state index in [4.69, 9.17) is 9.47 Å². The highest BCUT2D eigenvalue weighted by Gasteiger charge is 2.30. The topological polar surface area (TPSA) is 38.8 Å². The summed E-state index contributed by atoms with van der Waals surface area (Å²) >= 11 is 0. The Morgan fingerprint density at radius 2 is 2.10 bits per heavy atom. The predicted molar refractivity (Wildman–Crippen MR) is 80.6 cm³/mol. The Bertz CT molecular complexity index is 499. The van der Waals surface area contributed by atoms with E-state index in [1.165, 1.54) is 12.8 Å². The smallest absolute Gasteiger partial charge is 0.257 e. The Balaban J connectivity index is 1.60. The van der Waals surface area contributed by atoms with E-state index in [0.29, 0.717) is 24.5 Å². The van der Waals surface area contributed by atoms with Crippen LogP contribution in [-0.4, -0.2) is 43.2 Å². The summed E-state index contributed by atoms with van der Waals surface area (Å²) in [6.45, 7) is 4.83. The highest BCUT2D eigenvalue weighted by molar-refractivity contribution is 5.97. The van der Waals surface area contributed by atoms with E-state index in [-0.39, 0.29) is 12.0 Å². The SMILES string of the molecule is CCOc1ccccc1C(=O)N1CCC(OCC2CC2)C1. The van der Waals surface area contributed by atoms with E-state index in [2.05, 4.69) is 0 Å². The molecule has 0 radical (unpaired) electrons. The van der Waals surface area contributed by atoms with Gasteiger partial charge in [-0.15, -0.1) is 0 Å². The van der Waals surface area contributed by atoms with Crippen LogP contribution in [0.5, 0.6) is 5.75 Å². The fraction of sp³-hybridized carbons (Fsp3) is 0.588. The van der Waals surface area contributed by atoms with Gasteiger partial charge in [-0.1, -0.05) is 12.1 Å². The van der Waals surface area contributed by atoms with Crippen molar-refractivity contribution < 1.29 is 14.3 Å². The second-order valence-electron chi connectivity index (χ2n) is 5.87. The normalized spacial score (nSPS) is 21.6. The van der Waals surface area contributed by atoms with Gasteiger partial charge in [0.1, 0.15) is 5.75 Å². The first-order chi connectivity index (χ1) is 10.3. The van der Waals surface area contributed by atoms with Gasteiger partial charge < -0.3 is 14.4 Å². The lowest BCUT2D eigenvalue weighted by atomic mass is 10.2. The second kappa shape index (κ2) is 6.48. The summed E-state index contributed by atoms with van der Waals surface area (Å²) in [5.74, 6) is 1.50. The monoisotopic (exact) mass is 289 g/mol. The average Bonchev–Trinajstić information content (AvgIpc) is 3.22. The highest BCUT2D eigenvalue weighted by Crippen LogP contribution is 2.30. The van der Waals surface area contributed by atoms with Crippen LogP contribution in [0.15, 0.2) is 24.3 Å². The molecule has 4 heteroatoms. The van der Waals surface area contributed by atoms with E-state index in [1.807, 2.05) is 36.1 Å². The minimum atomic E-state index is 0.0524. The Kier molecular flexibility index (Phi) is 4.44. The molecule has 0 N–H and O–H groups in total. The van der Waals surface area contributed by atoms with Gasteiger partial charge in [0, 0.05) is 19.7 Å². The molecule has 1 amide bonds. The van der Waals surface area contributed by atoms with Crippen LogP contribution in [0.2, 0.25) is 0 Å². The van der Waals surface area contributed by atoms with Gasteiger partial charge in [0.15, 0.2) is 0 Å². The molecule has 1 aromatic carbocycles.